The average molecular weight is 266 g/mol. The molecule has 1 N–H and O–H groups in total. The summed E-state index contributed by atoms with van der Waals surface area (Å²) in [5.74, 6) is 1.18. The summed E-state index contributed by atoms with van der Waals surface area (Å²) in [4.78, 5) is 14.5. The predicted molar refractivity (Wildman–Crippen MR) is 77.9 cm³/mol. The maximum Gasteiger partial charge on any atom is 0.222 e. The Balaban J connectivity index is 2.32. The Kier molecular flexibility index (Phi) is 6.83. The molecule has 0 bridgehead atoms. The fourth-order valence-corrected chi connectivity index (χ4v) is 2.62. The number of benzene rings is 1. The number of nitrogens with zero attached hydrogens (tertiary/aromatic N) is 1. The van der Waals surface area contributed by atoms with Crippen LogP contribution in [0.15, 0.2) is 35.2 Å². The molecule has 0 fully saturated rings. The van der Waals surface area contributed by atoms with Crippen molar-refractivity contribution in [3.8, 4) is 0 Å². The van der Waals surface area contributed by atoms with Crippen LogP contribution >= 0.6 is 11.8 Å². The predicted octanol–water partition coefficient (Wildman–Crippen LogP) is 2.24. The zero-order valence-electron chi connectivity index (χ0n) is 11.3. The molecule has 100 valence electrons. The van der Waals surface area contributed by atoms with Crippen LogP contribution in [0.25, 0.3) is 0 Å². The van der Waals surface area contributed by atoms with Crippen LogP contribution < -0.4 is 5.32 Å². The molecule has 0 heterocycles. The van der Waals surface area contributed by atoms with Crippen molar-refractivity contribution in [3.63, 3.8) is 0 Å². The van der Waals surface area contributed by atoms with Gasteiger partial charge in [-0.2, -0.15) is 0 Å². The van der Waals surface area contributed by atoms with Crippen molar-refractivity contribution in [1.29, 1.82) is 0 Å². The van der Waals surface area contributed by atoms with Gasteiger partial charge in [0, 0.05) is 37.2 Å². The highest BCUT2D eigenvalue weighted by Crippen LogP contribution is 2.19. The summed E-state index contributed by atoms with van der Waals surface area (Å²) >= 11 is 1.83. The molecule has 1 amide bonds. The SMILES string of the molecule is CN[C@H](CCC(=O)N(C)C)CSc1ccccc1. The van der Waals surface area contributed by atoms with Gasteiger partial charge in [-0.3, -0.25) is 4.79 Å². The van der Waals surface area contributed by atoms with E-state index >= 15 is 0 Å². The average Bonchev–Trinajstić information content (AvgIpc) is 2.39. The van der Waals surface area contributed by atoms with E-state index in [2.05, 4.69) is 17.4 Å². The lowest BCUT2D eigenvalue weighted by Crippen LogP contribution is -2.30. The number of carbonyl (C=O) groups excluding carboxylic acids is 1. The zero-order valence-corrected chi connectivity index (χ0v) is 12.2. The van der Waals surface area contributed by atoms with Crippen molar-refractivity contribution < 1.29 is 4.79 Å². The minimum Gasteiger partial charge on any atom is -0.349 e. The first kappa shape index (κ1) is 15.1. The van der Waals surface area contributed by atoms with Gasteiger partial charge in [0.2, 0.25) is 5.91 Å². The number of carbonyl (C=O) groups is 1. The molecule has 0 unspecified atom stereocenters. The number of thioether (sulfide) groups is 1. The summed E-state index contributed by atoms with van der Waals surface area (Å²) in [5.41, 5.74) is 0. The summed E-state index contributed by atoms with van der Waals surface area (Å²) in [6.07, 6.45) is 1.49. The largest absolute Gasteiger partial charge is 0.349 e. The maximum atomic E-state index is 11.5. The first-order valence-corrected chi connectivity index (χ1v) is 7.17. The smallest absolute Gasteiger partial charge is 0.222 e. The highest BCUT2D eigenvalue weighted by molar-refractivity contribution is 7.99. The Labute approximate surface area is 114 Å². The van der Waals surface area contributed by atoms with Crippen molar-refractivity contribution in [2.45, 2.75) is 23.8 Å². The number of hydrogen-bond acceptors (Lipinski definition) is 3. The highest BCUT2D eigenvalue weighted by atomic mass is 32.2. The number of rotatable bonds is 7. The summed E-state index contributed by atoms with van der Waals surface area (Å²) < 4.78 is 0. The Morgan fingerprint density at radius 1 is 1.33 bits per heavy atom. The summed E-state index contributed by atoms with van der Waals surface area (Å²) in [6.45, 7) is 0. The van der Waals surface area contributed by atoms with Gasteiger partial charge in [-0.15, -0.1) is 11.8 Å². The van der Waals surface area contributed by atoms with Gasteiger partial charge in [0.15, 0.2) is 0 Å². The minimum absolute atomic E-state index is 0.194. The number of amides is 1. The third kappa shape index (κ3) is 5.56. The monoisotopic (exact) mass is 266 g/mol. The van der Waals surface area contributed by atoms with Gasteiger partial charge in [-0.05, 0) is 25.6 Å². The minimum atomic E-state index is 0.194. The summed E-state index contributed by atoms with van der Waals surface area (Å²) in [5, 5.41) is 3.28. The lowest BCUT2D eigenvalue weighted by atomic mass is 10.2. The molecule has 1 atom stereocenters. The molecule has 18 heavy (non-hydrogen) atoms. The van der Waals surface area contributed by atoms with E-state index in [1.165, 1.54) is 4.90 Å². The molecule has 0 saturated heterocycles. The van der Waals surface area contributed by atoms with E-state index in [1.807, 2.05) is 37.0 Å². The molecular weight excluding hydrogens is 244 g/mol. The van der Waals surface area contributed by atoms with Gasteiger partial charge in [0.25, 0.3) is 0 Å². The van der Waals surface area contributed by atoms with Gasteiger partial charge in [0.05, 0.1) is 0 Å². The number of hydrogen-bond donors (Lipinski definition) is 1. The zero-order chi connectivity index (χ0) is 13.4. The molecule has 0 aliphatic carbocycles. The third-order valence-corrected chi connectivity index (χ3v) is 3.98. The molecule has 0 aromatic heterocycles. The summed E-state index contributed by atoms with van der Waals surface area (Å²) in [7, 11) is 5.56. The molecule has 1 aromatic rings. The lowest BCUT2D eigenvalue weighted by Gasteiger charge is -2.17. The van der Waals surface area contributed by atoms with Crippen LogP contribution in [0.3, 0.4) is 0 Å². The van der Waals surface area contributed by atoms with E-state index in [-0.39, 0.29) is 5.91 Å². The molecular formula is C14H22N2OS. The van der Waals surface area contributed by atoms with E-state index in [1.54, 1.807) is 19.0 Å². The van der Waals surface area contributed by atoms with Crippen LogP contribution in [0, 0.1) is 0 Å². The Hall–Kier alpha value is -1.00. The summed E-state index contributed by atoms with van der Waals surface area (Å²) in [6, 6.07) is 10.7. The topological polar surface area (TPSA) is 32.3 Å². The standard InChI is InChI=1S/C14H22N2OS/c1-15-12(9-10-14(17)16(2)3)11-18-13-7-5-4-6-8-13/h4-8,12,15H,9-11H2,1-3H3/t12-/m1/s1. The van der Waals surface area contributed by atoms with E-state index in [0.717, 1.165) is 12.2 Å². The van der Waals surface area contributed by atoms with E-state index in [0.29, 0.717) is 12.5 Å². The van der Waals surface area contributed by atoms with Crippen molar-refractivity contribution in [3.05, 3.63) is 30.3 Å². The molecule has 3 nitrogen and oxygen atoms in total. The van der Waals surface area contributed by atoms with Gasteiger partial charge in [-0.25, -0.2) is 0 Å². The van der Waals surface area contributed by atoms with E-state index < -0.39 is 0 Å². The quantitative estimate of drug-likeness (QED) is 0.768. The molecule has 0 aliphatic heterocycles. The van der Waals surface area contributed by atoms with Crippen molar-refractivity contribution in [1.82, 2.24) is 10.2 Å². The fraction of sp³-hybridized carbons (Fsp3) is 0.500. The third-order valence-electron chi connectivity index (χ3n) is 2.81. The Morgan fingerprint density at radius 3 is 2.56 bits per heavy atom. The highest BCUT2D eigenvalue weighted by Gasteiger charge is 2.11. The van der Waals surface area contributed by atoms with Gasteiger partial charge < -0.3 is 10.2 Å². The fourth-order valence-electron chi connectivity index (χ4n) is 1.55. The van der Waals surface area contributed by atoms with Crippen LogP contribution in [0.4, 0.5) is 0 Å². The molecule has 0 saturated carbocycles. The van der Waals surface area contributed by atoms with E-state index in [9.17, 15) is 4.79 Å². The van der Waals surface area contributed by atoms with Crippen LogP contribution in [0.5, 0.6) is 0 Å². The lowest BCUT2D eigenvalue weighted by molar-refractivity contribution is -0.128. The second kappa shape index (κ2) is 8.16. The van der Waals surface area contributed by atoms with Crippen molar-refractivity contribution in [2.24, 2.45) is 0 Å². The first-order chi connectivity index (χ1) is 8.63. The van der Waals surface area contributed by atoms with Gasteiger partial charge >= 0.3 is 0 Å². The van der Waals surface area contributed by atoms with E-state index in [4.69, 9.17) is 0 Å². The Bertz CT molecular complexity index is 354. The van der Waals surface area contributed by atoms with Crippen LogP contribution in [-0.4, -0.2) is 43.7 Å². The Morgan fingerprint density at radius 2 is 2.00 bits per heavy atom. The van der Waals surface area contributed by atoms with Crippen molar-refractivity contribution in [2.75, 3.05) is 26.9 Å². The second-order valence-electron chi connectivity index (χ2n) is 4.44. The van der Waals surface area contributed by atoms with Crippen molar-refractivity contribution >= 4 is 17.7 Å². The molecule has 0 radical (unpaired) electrons. The number of nitrogens with one attached hydrogen (secondary N) is 1. The molecule has 0 aliphatic rings. The van der Waals surface area contributed by atoms with Crippen LogP contribution in [-0.2, 0) is 4.79 Å². The normalized spacial score (nSPS) is 12.2. The molecule has 1 aromatic carbocycles. The van der Waals surface area contributed by atoms with Gasteiger partial charge in [-0.1, -0.05) is 18.2 Å². The second-order valence-corrected chi connectivity index (χ2v) is 5.53. The maximum absolute atomic E-state index is 11.5. The van der Waals surface area contributed by atoms with Gasteiger partial charge in [0.1, 0.15) is 0 Å². The molecule has 0 spiro atoms. The molecule has 4 heteroatoms. The van der Waals surface area contributed by atoms with Crippen LogP contribution in [0.2, 0.25) is 0 Å². The molecule has 1 rings (SSSR count). The van der Waals surface area contributed by atoms with Crippen LogP contribution in [0.1, 0.15) is 12.8 Å². The first-order valence-electron chi connectivity index (χ1n) is 6.18.